The molecule has 0 aliphatic rings. The second kappa shape index (κ2) is 7.42. The molecule has 0 saturated heterocycles. The summed E-state index contributed by atoms with van der Waals surface area (Å²) in [5.41, 5.74) is -2.01. The molecule has 0 fully saturated rings. The molecule has 2 aromatic rings. The maximum absolute atomic E-state index is 12.5. The zero-order valence-electron chi connectivity index (χ0n) is 13.6. The van der Waals surface area contributed by atoms with E-state index in [4.69, 9.17) is 4.74 Å². The molecule has 0 spiro atoms. The second-order valence-electron chi connectivity index (χ2n) is 5.57. The average molecular weight is 354 g/mol. The molecule has 8 heteroatoms. The third kappa shape index (κ3) is 4.85. The van der Waals surface area contributed by atoms with E-state index in [9.17, 15) is 22.8 Å². The summed E-state index contributed by atoms with van der Waals surface area (Å²) in [6.07, 6.45) is -4.74. The summed E-state index contributed by atoms with van der Waals surface area (Å²) >= 11 is 0. The van der Waals surface area contributed by atoms with Crippen molar-refractivity contribution in [1.82, 2.24) is 10.3 Å². The minimum absolute atomic E-state index is 0.0605. The largest absolute Gasteiger partial charge is 0.491 e. The standard InChI is InChI=1S/C17H17F3N2O3/c1-10(2)25-13-6-4-3-5-11(13)9-21-15(23)12-7-8-14(17(18,19)20)22-16(12)24/h3-8,10H,9H2,1-2H3,(H,21,23)(H,22,24). The van der Waals surface area contributed by atoms with E-state index in [1.807, 2.05) is 13.8 Å². The number of pyridine rings is 1. The second-order valence-corrected chi connectivity index (χ2v) is 5.57. The van der Waals surface area contributed by atoms with Crippen LogP contribution < -0.4 is 15.6 Å². The van der Waals surface area contributed by atoms with Gasteiger partial charge in [0.15, 0.2) is 0 Å². The number of aromatic nitrogens is 1. The number of rotatable bonds is 5. The van der Waals surface area contributed by atoms with Crippen molar-refractivity contribution in [2.24, 2.45) is 0 Å². The summed E-state index contributed by atoms with van der Waals surface area (Å²) < 4.78 is 43.2. The van der Waals surface area contributed by atoms with Gasteiger partial charge >= 0.3 is 6.18 Å². The van der Waals surface area contributed by atoms with Crippen molar-refractivity contribution in [2.75, 3.05) is 0 Å². The third-order valence-electron chi connectivity index (χ3n) is 3.23. The summed E-state index contributed by atoms with van der Waals surface area (Å²) in [7, 11) is 0. The molecule has 2 N–H and O–H groups in total. The van der Waals surface area contributed by atoms with E-state index < -0.39 is 28.9 Å². The first-order valence-corrected chi connectivity index (χ1v) is 7.51. The van der Waals surface area contributed by atoms with Crippen LogP contribution in [0.3, 0.4) is 0 Å². The van der Waals surface area contributed by atoms with Crippen LogP contribution in [0.5, 0.6) is 5.75 Å². The lowest BCUT2D eigenvalue weighted by atomic mass is 10.2. The maximum Gasteiger partial charge on any atom is 0.431 e. The van der Waals surface area contributed by atoms with Crippen molar-refractivity contribution >= 4 is 5.91 Å². The van der Waals surface area contributed by atoms with Crippen LogP contribution >= 0.6 is 0 Å². The zero-order valence-corrected chi connectivity index (χ0v) is 13.6. The van der Waals surface area contributed by atoms with E-state index in [1.54, 1.807) is 29.2 Å². The Morgan fingerprint density at radius 3 is 2.48 bits per heavy atom. The molecular weight excluding hydrogens is 337 g/mol. The summed E-state index contributed by atoms with van der Waals surface area (Å²) in [5, 5.41) is 2.51. The van der Waals surface area contributed by atoms with Gasteiger partial charge in [-0.25, -0.2) is 0 Å². The molecular formula is C17H17F3N2O3. The first-order chi connectivity index (χ1) is 11.7. The molecule has 134 valence electrons. The highest BCUT2D eigenvalue weighted by Crippen LogP contribution is 2.26. The Hall–Kier alpha value is -2.77. The number of halogens is 3. The van der Waals surface area contributed by atoms with Gasteiger partial charge in [0.05, 0.1) is 6.10 Å². The van der Waals surface area contributed by atoms with E-state index in [1.165, 1.54) is 0 Å². The van der Waals surface area contributed by atoms with Crippen LogP contribution in [0.2, 0.25) is 0 Å². The fourth-order valence-electron chi connectivity index (χ4n) is 2.11. The lowest BCUT2D eigenvalue weighted by Crippen LogP contribution is -2.30. The Kier molecular flexibility index (Phi) is 5.51. The Labute approximate surface area is 141 Å². The number of carbonyl (C=O) groups is 1. The quantitative estimate of drug-likeness (QED) is 0.867. The smallest absolute Gasteiger partial charge is 0.431 e. The van der Waals surface area contributed by atoms with Gasteiger partial charge in [0.25, 0.3) is 11.5 Å². The van der Waals surface area contributed by atoms with Gasteiger partial charge in [0, 0.05) is 12.1 Å². The van der Waals surface area contributed by atoms with Crippen molar-refractivity contribution in [1.29, 1.82) is 0 Å². The van der Waals surface area contributed by atoms with Crippen LogP contribution in [0.4, 0.5) is 13.2 Å². The fourth-order valence-corrected chi connectivity index (χ4v) is 2.11. The number of aromatic amines is 1. The van der Waals surface area contributed by atoms with Crippen LogP contribution in [-0.4, -0.2) is 17.0 Å². The first-order valence-electron chi connectivity index (χ1n) is 7.51. The number of carbonyl (C=O) groups excluding carboxylic acids is 1. The molecule has 1 heterocycles. The van der Waals surface area contributed by atoms with Crippen LogP contribution in [0, 0.1) is 0 Å². The SMILES string of the molecule is CC(C)Oc1ccccc1CNC(=O)c1ccc(C(F)(F)F)[nH]c1=O. The summed E-state index contributed by atoms with van der Waals surface area (Å²) in [6, 6.07) is 8.55. The number of ether oxygens (including phenoxy) is 1. The number of amides is 1. The first kappa shape index (κ1) is 18.6. The highest BCUT2D eigenvalue weighted by molar-refractivity contribution is 5.93. The highest BCUT2D eigenvalue weighted by atomic mass is 19.4. The van der Waals surface area contributed by atoms with Crippen LogP contribution in [0.25, 0.3) is 0 Å². The summed E-state index contributed by atoms with van der Waals surface area (Å²) in [6.45, 7) is 3.79. The van der Waals surface area contributed by atoms with Crippen LogP contribution in [0.1, 0.15) is 35.5 Å². The number of benzene rings is 1. The van der Waals surface area contributed by atoms with Crippen molar-refractivity contribution in [3.05, 3.63) is 63.6 Å². The Morgan fingerprint density at radius 1 is 1.20 bits per heavy atom. The number of para-hydroxylation sites is 1. The molecule has 0 saturated carbocycles. The van der Waals surface area contributed by atoms with Crippen molar-refractivity contribution in [2.45, 2.75) is 32.7 Å². The van der Waals surface area contributed by atoms with Crippen LogP contribution in [-0.2, 0) is 12.7 Å². The monoisotopic (exact) mass is 354 g/mol. The molecule has 1 aromatic carbocycles. The van der Waals surface area contributed by atoms with Gasteiger partial charge in [-0.2, -0.15) is 13.2 Å². The Bertz CT molecular complexity index is 813. The average Bonchev–Trinajstić information content (AvgIpc) is 2.52. The van der Waals surface area contributed by atoms with E-state index in [0.29, 0.717) is 17.4 Å². The zero-order chi connectivity index (χ0) is 18.6. The van der Waals surface area contributed by atoms with Gasteiger partial charge in [0.1, 0.15) is 17.0 Å². The molecule has 0 unspecified atom stereocenters. The molecule has 0 aliphatic heterocycles. The van der Waals surface area contributed by atoms with E-state index in [0.717, 1.165) is 6.07 Å². The lowest BCUT2D eigenvalue weighted by Gasteiger charge is -2.14. The fraction of sp³-hybridized carbons (Fsp3) is 0.294. The van der Waals surface area contributed by atoms with Gasteiger partial charge in [-0.3, -0.25) is 9.59 Å². The number of nitrogens with one attached hydrogen (secondary N) is 2. The Balaban J connectivity index is 2.13. The molecule has 25 heavy (non-hydrogen) atoms. The maximum atomic E-state index is 12.5. The lowest BCUT2D eigenvalue weighted by molar-refractivity contribution is -0.141. The summed E-state index contributed by atoms with van der Waals surface area (Å²) in [5.74, 6) is -0.187. The van der Waals surface area contributed by atoms with Gasteiger partial charge in [-0.15, -0.1) is 0 Å². The van der Waals surface area contributed by atoms with Gasteiger partial charge < -0.3 is 15.0 Å². The summed E-state index contributed by atoms with van der Waals surface area (Å²) in [4.78, 5) is 25.5. The number of hydrogen-bond acceptors (Lipinski definition) is 3. The molecule has 0 radical (unpaired) electrons. The minimum Gasteiger partial charge on any atom is -0.491 e. The normalized spacial score (nSPS) is 11.4. The van der Waals surface area contributed by atoms with Crippen molar-refractivity contribution in [3.63, 3.8) is 0 Å². The topological polar surface area (TPSA) is 71.2 Å². The molecule has 0 atom stereocenters. The molecule has 0 bridgehead atoms. The molecule has 1 amide bonds. The van der Waals surface area contributed by atoms with Gasteiger partial charge in [0.2, 0.25) is 0 Å². The number of alkyl halides is 3. The molecule has 0 aliphatic carbocycles. The number of H-pyrrole nitrogens is 1. The van der Waals surface area contributed by atoms with E-state index >= 15 is 0 Å². The molecule has 1 aromatic heterocycles. The van der Waals surface area contributed by atoms with Gasteiger partial charge in [-0.05, 0) is 32.0 Å². The molecule has 5 nitrogen and oxygen atoms in total. The van der Waals surface area contributed by atoms with E-state index in [2.05, 4.69) is 5.32 Å². The Morgan fingerprint density at radius 2 is 1.88 bits per heavy atom. The molecule has 2 rings (SSSR count). The van der Waals surface area contributed by atoms with Crippen molar-refractivity contribution < 1.29 is 22.7 Å². The minimum atomic E-state index is -4.68. The van der Waals surface area contributed by atoms with Crippen molar-refractivity contribution in [3.8, 4) is 5.75 Å². The third-order valence-corrected chi connectivity index (χ3v) is 3.23. The van der Waals surface area contributed by atoms with E-state index in [-0.39, 0.29) is 12.6 Å². The number of hydrogen-bond donors (Lipinski definition) is 2. The predicted octanol–water partition coefficient (Wildman–Crippen LogP) is 3.11. The van der Waals surface area contributed by atoms with Crippen LogP contribution in [0.15, 0.2) is 41.2 Å². The predicted molar refractivity (Wildman–Crippen MR) is 85.4 cm³/mol. The highest BCUT2D eigenvalue weighted by Gasteiger charge is 2.32. The van der Waals surface area contributed by atoms with Gasteiger partial charge in [-0.1, -0.05) is 18.2 Å².